The Hall–Kier alpha value is -1.01. The van der Waals surface area contributed by atoms with E-state index < -0.39 is 11.9 Å². The van der Waals surface area contributed by atoms with Gasteiger partial charge in [-0.2, -0.15) is 0 Å². The van der Waals surface area contributed by atoms with Gasteiger partial charge in [-0.25, -0.2) is 4.79 Å². The predicted molar refractivity (Wildman–Crippen MR) is 49.4 cm³/mol. The molecule has 2 rings (SSSR count). The van der Waals surface area contributed by atoms with Crippen LogP contribution in [-0.2, 0) is 9.59 Å². The van der Waals surface area contributed by atoms with Crippen molar-refractivity contribution < 1.29 is 19.8 Å². The number of fused-ring (bicyclic) bond motifs is 1. The molecule has 14 heavy (non-hydrogen) atoms. The van der Waals surface area contributed by atoms with Gasteiger partial charge in [0.2, 0.25) is 5.91 Å². The van der Waals surface area contributed by atoms with Crippen LogP contribution in [0.25, 0.3) is 0 Å². The molecule has 2 atom stereocenters. The molecule has 0 aromatic carbocycles. The van der Waals surface area contributed by atoms with Gasteiger partial charge in [0.05, 0.1) is 17.9 Å². The number of hydrogen-bond acceptors (Lipinski definition) is 4. The molecule has 1 unspecified atom stereocenters. The Morgan fingerprint density at radius 3 is 3.00 bits per heavy atom. The topological polar surface area (TPSA) is 77.8 Å². The molecule has 0 aliphatic carbocycles. The second kappa shape index (κ2) is 3.29. The summed E-state index contributed by atoms with van der Waals surface area (Å²) in [6.07, 6.45) is 1.52. The molecule has 0 aromatic rings. The molecule has 1 fully saturated rings. The predicted octanol–water partition coefficient (Wildman–Crippen LogP) is -0.521. The monoisotopic (exact) mass is 215 g/mol. The molecule has 2 aliphatic heterocycles. The average molecular weight is 215 g/mol. The van der Waals surface area contributed by atoms with Crippen molar-refractivity contribution in [2.75, 3.05) is 12.4 Å². The number of β-lactam (4-membered cyclic amide) rings is 1. The van der Waals surface area contributed by atoms with E-state index in [-0.39, 0.29) is 23.6 Å². The lowest BCUT2D eigenvalue weighted by Gasteiger charge is -2.47. The molecule has 0 spiro atoms. The zero-order valence-corrected chi connectivity index (χ0v) is 8.03. The summed E-state index contributed by atoms with van der Waals surface area (Å²) < 4.78 is 0. The first-order chi connectivity index (χ1) is 6.66. The normalized spacial score (nSPS) is 30.5. The van der Waals surface area contributed by atoms with Crippen LogP contribution in [0, 0.1) is 5.92 Å². The van der Waals surface area contributed by atoms with Crippen LogP contribution in [0.3, 0.4) is 0 Å². The van der Waals surface area contributed by atoms with Crippen molar-refractivity contribution in [2.24, 2.45) is 5.92 Å². The van der Waals surface area contributed by atoms with Crippen LogP contribution >= 0.6 is 11.8 Å². The highest BCUT2D eigenvalue weighted by atomic mass is 32.2. The number of hydrogen-bond donors (Lipinski definition) is 2. The Balaban J connectivity index is 2.23. The quantitative estimate of drug-likeness (QED) is 0.606. The first-order valence-corrected chi connectivity index (χ1v) is 5.20. The second-order valence-electron chi connectivity index (χ2n) is 3.12. The van der Waals surface area contributed by atoms with Gasteiger partial charge >= 0.3 is 5.97 Å². The van der Waals surface area contributed by atoms with Crippen LogP contribution in [-0.4, -0.2) is 44.7 Å². The van der Waals surface area contributed by atoms with Gasteiger partial charge in [-0.15, -0.1) is 11.8 Å². The van der Waals surface area contributed by atoms with Gasteiger partial charge < -0.3 is 10.2 Å². The Bertz CT molecular complexity index is 327. The fourth-order valence-corrected chi connectivity index (χ4v) is 2.91. The first kappa shape index (κ1) is 9.54. The molecule has 0 saturated carbocycles. The molecule has 6 heteroatoms. The van der Waals surface area contributed by atoms with E-state index in [1.165, 1.54) is 22.7 Å². The van der Waals surface area contributed by atoms with Crippen molar-refractivity contribution in [1.29, 1.82) is 0 Å². The number of carboxylic acids is 1. The number of nitrogens with zero attached hydrogens (tertiary/aromatic N) is 1. The zero-order valence-electron chi connectivity index (χ0n) is 7.21. The van der Waals surface area contributed by atoms with Crippen molar-refractivity contribution in [1.82, 2.24) is 4.90 Å². The maximum absolute atomic E-state index is 11.4. The van der Waals surface area contributed by atoms with Crippen molar-refractivity contribution in [3.8, 4) is 0 Å². The fourth-order valence-electron chi connectivity index (χ4n) is 1.65. The van der Waals surface area contributed by atoms with E-state index in [0.717, 1.165) is 0 Å². The van der Waals surface area contributed by atoms with Crippen molar-refractivity contribution in [3.63, 3.8) is 0 Å². The van der Waals surface area contributed by atoms with E-state index in [1.54, 1.807) is 0 Å². The second-order valence-corrected chi connectivity index (χ2v) is 4.27. The molecular weight excluding hydrogens is 206 g/mol. The summed E-state index contributed by atoms with van der Waals surface area (Å²) in [5.41, 5.74) is 0.0449. The summed E-state index contributed by atoms with van der Waals surface area (Å²) in [6, 6.07) is 0. The van der Waals surface area contributed by atoms with Gasteiger partial charge in [-0.05, 0) is 6.08 Å². The summed E-state index contributed by atoms with van der Waals surface area (Å²) in [5, 5.41) is 17.5. The minimum absolute atomic E-state index is 0.0449. The van der Waals surface area contributed by atoms with Crippen LogP contribution < -0.4 is 0 Å². The number of carboxylic acid groups (broad SMARTS) is 1. The summed E-state index contributed by atoms with van der Waals surface area (Å²) >= 11 is 1.48. The minimum atomic E-state index is -1.08. The highest BCUT2D eigenvalue weighted by Gasteiger charge is 2.51. The average Bonchev–Trinajstić information content (AvgIpc) is 2.16. The third kappa shape index (κ3) is 1.14. The smallest absolute Gasteiger partial charge is 0.352 e. The van der Waals surface area contributed by atoms with Gasteiger partial charge in [0.1, 0.15) is 5.70 Å². The summed E-state index contributed by atoms with van der Waals surface area (Å²) in [5.74, 6) is -1.23. The number of aliphatic hydroxyl groups is 1. The maximum Gasteiger partial charge on any atom is 0.352 e. The van der Waals surface area contributed by atoms with E-state index in [4.69, 9.17) is 10.2 Å². The molecule has 1 saturated heterocycles. The summed E-state index contributed by atoms with van der Waals surface area (Å²) in [6.45, 7) is -0.208. The Morgan fingerprint density at radius 2 is 2.43 bits per heavy atom. The van der Waals surface area contributed by atoms with Crippen LogP contribution in [0.2, 0.25) is 0 Å². The van der Waals surface area contributed by atoms with E-state index >= 15 is 0 Å². The van der Waals surface area contributed by atoms with Gasteiger partial charge in [-0.1, -0.05) is 0 Å². The fraction of sp³-hybridized carbons (Fsp3) is 0.500. The van der Waals surface area contributed by atoms with E-state index in [2.05, 4.69) is 0 Å². The molecule has 76 valence electrons. The van der Waals surface area contributed by atoms with Crippen molar-refractivity contribution in [3.05, 3.63) is 11.8 Å². The summed E-state index contributed by atoms with van der Waals surface area (Å²) in [4.78, 5) is 23.4. The highest BCUT2D eigenvalue weighted by Crippen LogP contribution is 2.40. The number of thioether (sulfide) groups is 1. The first-order valence-electron chi connectivity index (χ1n) is 4.16. The van der Waals surface area contributed by atoms with Gasteiger partial charge in [0.25, 0.3) is 0 Å². The summed E-state index contributed by atoms with van der Waals surface area (Å²) in [7, 11) is 0. The van der Waals surface area contributed by atoms with Crippen LogP contribution in [0.1, 0.15) is 0 Å². The number of aliphatic hydroxyl groups excluding tert-OH is 1. The Kier molecular flexibility index (Phi) is 2.24. The zero-order chi connectivity index (χ0) is 10.3. The molecule has 0 bridgehead atoms. The SMILES string of the molecule is O=C(O)C1=CCS[C@H]2C(CO)C(=O)N12. The minimum Gasteiger partial charge on any atom is -0.477 e. The molecule has 2 N–H and O–H groups in total. The number of carbonyl (C=O) groups is 2. The van der Waals surface area contributed by atoms with Gasteiger partial charge in [0.15, 0.2) is 0 Å². The number of aliphatic carboxylic acids is 1. The van der Waals surface area contributed by atoms with Crippen molar-refractivity contribution in [2.45, 2.75) is 5.37 Å². The molecule has 1 amide bonds. The van der Waals surface area contributed by atoms with E-state index in [0.29, 0.717) is 5.75 Å². The lowest BCUT2D eigenvalue weighted by Crippen LogP contribution is -2.61. The lowest BCUT2D eigenvalue weighted by molar-refractivity contribution is -0.154. The van der Waals surface area contributed by atoms with E-state index in [9.17, 15) is 9.59 Å². The van der Waals surface area contributed by atoms with E-state index in [1.807, 2.05) is 0 Å². The number of carbonyl (C=O) groups excluding carboxylic acids is 1. The maximum atomic E-state index is 11.4. The van der Waals surface area contributed by atoms with Crippen LogP contribution in [0.4, 0.5) is 0 Å². The van der Waals surface area contributed by atoms with Crippen molar-refractivity contribution >= 4 is 23.6 Å². The molecule has 5 nitrogen and oxygen atoms in total. The number of amides is 1. The lowest BCUT2D eigenvalue weighted by atomic mass is 9.98. The Labute approximate surface area is 84.4 Å². The standard InChI is InChI=1S/C8H9NO4S/c10-3-4-6(11)9-5(8(12)13)1-2-14-7(4)9/h1,4,7,10H,2-3H2,(H,12,13)/t4?,7-/m0/s1. The molecule has 0 aromatic heterocycles. The largest absolute Gasteiger partial charge is 0.477 e. The molecular formula is C8H9NO4S. The molecule has 2 heterocycles. The highest BCUT2D eigenvalue weighted by molar-refractivity contribution is 8.00. The third-order valence-electron chi connectivity index (χ3n) is 2.37. The Morgan fingerprint density at radius 1 is 1.71 bits per heavy atom. The molecule has 2 aliphatic rings. The van der Waals surface area contributed by atoms with Crippen LogP contribution in [0.5, 0.6) is 0 Å². The number of rotatable bonds is 2. The third-order valence-corrected chi connectivity index (χ3v) is 3.61. The molecule has 0 radical (unpaired) electrons. The van der Waals surface area contributed by atoms with Gasteiger partial charge in [0, 0.05) is 5.75 Å². The van der Waals surface area contributed by atoms with Gasteiger partial charge in [-0.3, -0.25) is 9.69 Å². The van der Waals surface area contributed by atoms with Crippen LogP contribution in [0.15, 0.2) is 11.8 Å².